The molecule has 136 valence electrons. The molecule has 0 fully saturated rings. The van der Waals surface area contributed by atoms with E-state index in [9.17, 15) is 4.79 Å². The van der Waals surface area contributed by atoms with Crippen molar-refractivity contribution in [3.05, 3.63) is 59.4 Å². The van der Waals surface area contributed by atoms with E-state index in [0.29, 0.717) is 13.0 Å². The van der Waals surface area contributed by atoms with Gasteiger partial charge < -0.3 is 10.6 Å². The van der Waals surface area contributed by atoms with Crippen molar-refractivity contribution in [3.8, 4) is 5.13 Å². The van der Waals surface area contributed by atoms with E-state index in [1.165, 1.54) is 16.9 Å². The van der Waals surface area contributed by atoms with Gasteiger partial charge >= 0.3 is 6.03 Å². The molecule has 0 saturated carbocycles. The molecule has 3 rings (SSSR count). The molecule has 2 N–H and O–H groups in total. The van der Waals surface area contributed by atoms with Gasteiger partial charge in [-0.15, -0.1) is 11.3 Å². The first-order valence-electron chi connectivity index (χ1n) is 8.51. The Balaban J connectivity index is 1.46. The molecule has 0 saturated heterocycles. The molecule has 3 aromatic rings. The Morgan fingerprint density at radius 1 is 1.23 bits per heavy atom. The average Bonchev–Trinajstić information content (AvgIpc) is 3.26. The van der Waals surface area contributed by atoms with E-state index in [-0.39, 0.29) is 11.4 Å². The highest BCUT2D eigenvalue weighted by Gasteiger charge is 2.13. The van der Waals surface area contributed by atoms with Gasteiger partial charge in [0.15, 0.2) is 0 Å². The largest absolute Gasteiger partial charge is 0.337 e. The number of amides is 2. The van der Waals surface area contributed by atoms with Gasteiger partial charge in [0.25, 0.3) is 0 Å². The van der Waals surface area contributed by atoms with Gasteiger partial charge in [0, 0.05) is 36.4 Å². The summed E-state index contributed by atoms with van der Waals surface area (Å²) in [5.74, 6) is 0. The molecule has 0 bridgehead atoms. The van der Waals surface area contributed by atoms with E-state index in [4.69, 9.17) is 0 Å². The summed E-state index contributed by atoms with van der Waals surface area (Å²) < 4.78 is 1.73. The predicted molar refractivity (Wildman–Crippen MR) is 105 cm³/mol. The summed E-state index contributed by atoms with van der Waals surface area (Å²) in [5.41, 5.74) is 3.06. The maximum atomic E-state index is 12.0. The molecule has 1 aromatic carbocycles. The molecule has 2 heterocycles. The fourth-order valence-corrected chi connectivity index (χ4v) is 3.23. The van der Waals surface area contributed by atoms with Crippen LogP contribution in [-0.4, -0.2) is 27.3 Å². The van der Waals surface area contributed by atoms with Gasteiger partial charge in [0.05, 0.1) is 5.69 Å². The standard InChI is InChI=1S/C19H23N5OS/c1-19(2,3)14-5-7-15(8-6-14)22-17(25)20-11-9-16-13-26-18(23-16)24-12-4-10-21-24/h4-8,10,12-13H,9,11H2,1-3H3,(H2,20,22,25). The molecule has 26 heavy (non-hydrogen) atoms. The SMILES string of the molecule is CC(C)(C)c1ccc(NC(=O)NCCc2csc(-n3cccn3)n2)cc1. The van der Waals surface area contributed by atoms with Crippen LogP contribution in [0, 0.1) is 0 Å². The zero-order valence-electron chi connectivity index (χ0n) is 15.2. The van der Waals surface area contributed by atoms with Gasteiger partial charge in [-0.2, -0.15) is 5.10 Å². The van der Waals surface area contributed by atoms with Crippen molar-refractivity contribution in [1.82, 2.24) is 20.1 Å². The number of urea groups is 1. The summed E-state index contributed by atoms with van der Waals surface area (Å²) in [6.07, 6.45) is 4.26. The normalized spacial score (nSPS) is 11.3. The Kier molecular flexibility index (Phi) is 5.37. The van der Waals surface area contributed by atoms with Crippen LogP contribution in [0.4, 0.5) is 10.5 Å². The topological polar surface area (TPSA) is 71.8 Å². The lowest BCUT2D eigenvalue weighted by atomic mass is 9.87. The zero-order valence-corrected chi connectivity index (χ0v) is 16.0. The molecule has 0 spiro atoms. The van der Waals surface area contributed by atoms with Crippen LogP contribution in [0.3, 0.4) is 0 Å². The average molecular weight is 369 g/mol. The first-order valence-corrected chi connectivity index (χ1v) is 9.39. The second-order valence-electron chi connectivity index (χ2n) is 7.03. The van der Waals surface area contributed by atoms with Crippen molar-refractivity contribution < 1.29 is 4.79 Å². The maximum absolute atomic E-state index is 12.0. The Morgan fingerprint density at radius 3 is 2.65 bits per heavy atom. The first-order chi connectivity index (χ1) is 12.4. The monoisotopic (exact) mass is 369 g/mol. The van der Waals surface area contributed by atoms with E-state index in [1.807, 2.05) is 41.9 Å². The maximum Gasteiger partial charge on any atom is 0.319 e. The summed E-state index contributed by atoms with van der Waals surface area (Å²) in [7, 11) is 0. The Bertz CT molecular complexity index is 847. The Labute approximate surface area is 157 Å². The Hall–Kier alpha value is -2.67. The number of hydrogen-bond donors (Lipinski definition) is 2. The number of aromatic nitrogens is 3. The molecule has 0 unspecified atom stereocenters. The minimum Gasteiger partial charge on any atom is -0.337 e. The van der Waals surface area contributed by atoms with Gasteiger partial charge in [-0.3, -0.25) is 0 Å². The number of rotatable bonds is 5. The molecule has 7 heteroatoms. The van der Waals surface area contributed by atoms with Gasteiger partial charge in [-0.05, 0) is 29.2 Å². The third kappa shape index (κ3) is 4.70. The summed E-state index contributed by atoms with van der Waals surface area (Å²) >= 11 is 1.53. The lowest BCUT2D eigenvalue weighted by Gasteiger charge is -2.19. The van der Waals surface area contributed by atoms with Crippen molar-refractivity contribution in [2.45, 2.75) is 32.6 Å². The third-order valence-corrected chi connectivity index (χ3v) is 4.79. The third-order valence-electron chi connectivity index (χ3n) is 3.92. The van der Waals surface area contributed by atoms with Crippen molar-refractivity contribution in [3.63, 3.8) is 0 Å². The molecule has 0 atom stereocenters. The molecule has 2 amide bonds. The number of carbonyl (C=O) groups excluding carboxylic acids is 1. The molecule has 0 aliphatic rings. The first kappa shape index (κ1) is 18.1. The number of benzene rings is 1. The number of hydrogen-bond acceptors (Lipinski definition) is 4. The van der Waals surface area contributed by atoms with E-state index in [1.54, 1.807) is 10.9 Å². The highest BCUT2D eigenvalue weighted by Crippen LogP contribution is 2.23. The molecule has 0 aliphatic carbocycles. The number of carbonyl (C=O) groups is 1. The second-order valence-corrected chi connectivity index (χ2v) is 7.87. The van der Waals surface area contributed by atoms with E-state index in [2.05, 4.69) is 41.5 Å². The minimum atomic E-state index is -0.212. The van der Waals surface area contributed by atoms with Crippen molar-refractivity contribution in [2.24, 2.45) is 0 Å². The van der Waals surface area contributed by atoms with Crippen molar-refractivity contribution >= 4 is 23.1 Å². The highest BCUT2D eigenvalue weighted by atomic mass is 32.1. The van der Waals surface area contributed by atoms with Crippen LogP contribution in [-0.2, 0) is 11.8 Å². The summed E-state index contributed by atoms with van der Waals surface area (Å²) in [6.45, 7) is 7.02. The van der Waals surface area contributed by atoms with Gasteiger partial charge in [-0.25, -0.2) is 14.5 Å². The fourth-order valence-electron chi connectivity index (χ4n) is 2.43. The van der Waals surface area contributed by atoms with E-state index >= 15 is 0 Å². The summed E-state index contributed by atoms with van der Waals surface area (Å²) in [6, 6.07) is 9.59. The Morgan fingerprint density at radius 2 is 2.00 bits per heavy atom. The number of nitrogens with one attached hydrogen (secondary N) is 2. The molecule has 2 aromatic heterocycles. The van der Waals surface area contributed by atoms with Crippen LogP contribution in [0.25, 0.3) is 5.13 Å². The highest BCUT2D eigenvalue weighted by molar-refractivity contribution is 7.12. The molecule has 6 nitrogen and oxygen atoms in total. The summed E-state index contributed by atoms with van der Waals surface area (Å²) in [5, 5.41) is 12.7. The van der Waals surface area contributed by atoms with Crippen LogP contribution >= 0.6 is 11.3 Å². The number of nitrogens with zero attached hydrogens (tertiary/aromatic N) is 3. The molecular formula is C19H23N5OS. The number of anilines is 1. The summed E-state index contributed by atoms with van der Waals surface area (Å²) in [4.78, 5) is 16.5. The zero-order chi connectivity index (χ0) is 18.6. The quantitative estimate of drug-likeness (QED) is 0.714. The molecule has 0 aliphatic heterocycles. The van der Waals surface area contributed by atoms with Crippen molar-refractivity contribution in [1.29, 1.82) is 0 Å². The van der Waals surface area contributed by atoms with Crippen LogP contribution in [0.1, 0.15) is 32.0 Å². The van der Waals surface area contributed by atoms with Gasteiger partial charge in [-0.1, -0.05) is 32.9 Å². The molecule has 0 radical (unpaired) electrons. The minimum absolute atomic E-state index is 0.101. The van der Waals surface area contributed by atoms with Crippen LogP contribution in [0.5, 0.6) is 0 Å². The van der Waals surface area contributed by atoms with Gasteiger partial charge in [0.1, 0.15) is 0 Å². The van der Waals surface area contributed by atoms with Crippen LogP contribution < -0.4 is 10.6 Å². The lowest BCUT2D eigenvalue weighted by Crippen LogP contribution is -2.30. The predicted octanol–water partition coefficient (Wildman–Crippen LogP) is 3.99. The number of thiazole rings is 1. The van der Waals surface area contributed by atoms with Crippen LogP contribution in [0.15, 0.2) is 48.1 Å². The molecular weight excluding hydrogens is 346 g/mol. The van der Waals surface area contributed by atoms with E-state index in [0.717, 1.165) is 16.5 Å². The fraction of sp³-hybridized carbons (Fsp3) is 0.316. The van der Waals surface area contributed by atoms with Crippen LogP contribution in [0.2, 0.25) is 0 Å². The van der Waals surface area contributed by atoms with Crippen molar-refractivity contribution in [2.75, 3.05) is 11.9 Å². The lowest BCUT2D eigenvalue weighted by molar-refractivity contribution is 0.252. The smallest absolute Gasteiger partial charge is 0.319 e. The second kappa shape index (κ2) is 7.70. The van der Waals surface area contributed by atoms with E-state index < -0.39 is 0 Å². The van der Waals surface area contributed by atoms with Gasteiger partial charge in [0.2, 0.25) is 5.13 Å².